The van der Waals surface area contributed by atoms with E-state index < -0.39 is 0 Å². The van der Waals surface area contributed by atoms with Crippen molar-refractivity contribution < 1.29 is 5.11 Å². The molecule has 0 radical (unpaired) electrons. The van der Waals surface area contributed by atoms with Gasteiger partial charge in [0.25, 0.3) is 0 Å². The van der Waals surface area contributed by atoms with Gasteiger partial charge in [-0.15, -0.1) is 0 Å². The van der Waals surface area contributed by atoms with Gasteiger partial charge in [0.2, 0.25) is 0 Å². The summed E-state index contributed by atoms with van der Waals surface area (Å²) in [7, 11) is 0. The molecule has 1 aliphatic carbocycles. The van der Waals surface area contributed by atoms with Gasteiger partial charge in [-0.05, 0) is 42.4 Å². The van der Waals surface area contributed by atoms with Crippen molar-refractivity contribution in [2.24, 2.45) is 0 Å². The summed E-state index contributed by atoms with van der Waals surface area (Å²) in [5.74, 6) is 0.790. The summed E-state index contributed by atoms with van der Waals surface area (Å²) < 4.78 is 0. The lowest BCUT2D eigenvalue weighted by atomic mass is 9.74. The number of rotatable bonds is 2. The van der Waals surface area contributed by atoms with Crippen molar-refractivity contribution in [1.29, 1.82) is 0 Å². The zero-order valence-corrected chi connectivity index (χ0v) is 11.0. The van der Waals surface area contributed by atoms with Gasteiger partial charge < -0.3 is 5.11 Å². The van der Waals surface area contributed by atoms with Gasteiger partial charge in [-0.2, -0.15) is 0 Å². The maximum atomic E-state index is 9.87. The highest BCUT2D eigenvalue weighted by Crippen LogP contribution is 2.37. The molecule has 17 heavy (non-hydrogen) atoms. The van der Waals surface area contributed by atoms with E-state index in [-0.39, 0.29) is 5.41 Å². The summed E-state index contributed by atoms with van der Waals surface area (Å²) in [6, 6.07) is 6.09. The molecular formula is C16H22O. The van der Waals surface area contributed by atoms with Gasteiger partial charge in [-0.25, -0.2) is 0 Å². The Balaban J connectivity index is 2.42. The molecule has 1 atom stereocenters. The van der Waals surface area contributed by atoms with Crippen molar-refractivity contribution in [2.75, 3.05) is 0 Å². The number of allylic oxidation sites excluding steroid dienone is 2. The third-order valence-electron chi connectivity index (χ3n) is 3.86. The minimum absolute atomic E-state index is 0.148. The molecule has 1 nitrogen and oxygen atoms in total. The van der Waals surface area contributed by atoms with Gasteiger partial charge in [-0.3, -0.25) is 0 Å². The second-order valence-corrected chi connectivity index (χ2v) is 5.64. The van der Waals surface area contributed by atoms with Gasteiger partial charge in [0.1, 0.15) is 5.75 Å². The van der Waals surface area contributed by atoms with E-state index in [2.05, 4.69) is 45.1 Å². The Kier molecular flexibility index (Phi) is 3.28. The van der Waals surface area contributed by atoms with Gasteiger partial charge >= 0.3 is 0 Å². The summed E-state index contributed by atoms with van der Waals surface area (Å²) in [6.07, 6.45) is 8.26. The van der Waals surface area contributed by atoms with Crippen molar-refractivity contribution in [3.63, 3.8) is 0 Å². The molecule has 1 aliphatic rings. The molecule has 0 aromatic heterocycles. The Morgan fingerprint density at radius 3 is 2.65 bits per heavy atom. The summed E-state index contributed by atoms with van der Waals surface area (Å²) >= 11 is 0. The highest BCUT2D eigenvalue weighted by molar-refractivity contribution is 5.42. The Morgan fingerprint density at radius 2 is 2.06 bits per heavy atom. The van der Waals surface area contributed by atoms with Crippen molar-refractivity contribution in [3.8, 4) is 5.75 Å². The maximum Gasteiger partial charge on any atom is 0.119 e. The first-order chi connectivity index (χ1) is 8.03. The molecule has 0 heterocycles. The Morgan fingerprint density at radius 1 is 1.29 bits per heavy atom. The molecule has 0 spiro atoms. The highest BCUT2D eigenvalue weighted by atomic mass is 16.3. The zero-order valence-electron chi connectivity index (χ0n) is 11.0. The van der Waals surface area contributed by atoms with Crippen LogP contribution in [0.2, 0.25) is 0 Å². The molecule has 1 heteroatoms. The van der Waals surface area contributed by atoms with Crippen LogP contribution in [0.25, 0.3) is 0 Å². The monoisotopic (exact) mass is 230 g/mol. The van der Waals surface area contributed by atoms with Crippen LogP contribution >= 0.6 is 0 Å². The smallest absolute Gasteiger partial charge is 0.119 e. The minimum Gasteiger partial charge on any atom is -0.508 e. The SMILES string of the molecule is CC(C)c1cc(C2(C)C=CCCC2)ccc1O. The van der Waals surface area contributed by atoms with Crippen LogP contribution in [-0.4, -0.2) is 5.11 Å². The Hall–Kier alpha value is -1.24. The second kappa shape index (κ2) is 4.56. The fraction of sp³-hybridized carbons (Fsp3) is 0.500. The van der Waals surface area contributed by atoms with Crippen LogP contribution in [0, 0.1) is 0 Å². The van der Waals surface area contributed by atoms with Crippen LogP contribution < -0.4 is 0 Å². The van der Waals surface area contributed by atoms with Gasteiger partial charge in [-0.1, -0.05) is 45.1 Å². The molecule has 0 saturated carbocycles. The molecule has 1 aromatic rings. The lowest BCUT2D eigenvalue weighted by molar-refractivity contribution is 0.460. The first-order valence-corrected chi connectivity index (χ1v) is 6.54. The van der Waals surface area contributed by atoms with Crippen LogP contribution in [0.3, 0.4) is 0 Å². The molecule has 1 unspecified atom stereocenters. The molecule has 2 rings (SSSR count). The van der Waals surface area contributed by atoms with E-state index >= 15 is 0 Å². The molecular weight excluding hydrogens is 208 g/mol. The third kappa shape index (κ3) is 2.38. The van der Waals surface area contributed by atoms with E-state index in [1.54, 1.807) is 0 Å². The van der Waals surface area contributed by atoms with Crippen LogP contribution in [0.4, 0.5) is 0 Å². The Labute approximate surface area is 104 Å². The van der Waals surface area contributed by atoms with Gasteiger partial charge in [0, 0.05) is 5.41 Å². The lowest BCUT2D eigenvalue weighted by Crippen LogP contribution is -2.21. The Bertz CT molecular complexity index is 431. The number of phenolic OH excluding ortho intramolecular Hbond substituents is 1. The predicted molar refractivity (Wildman–Crippen MR) is 72.5 cm³/mol. The standard InChI is InChI=1S/C16H22O/c1-12(2)14-11-13(7-8-15(14)17)16(3)9-5-4-6-10-16/h5,7-9,11-12,17H,4,6,10H2,1-3H3. The van der Waals surface area contributed by atoms with E-state index in [0.717, 1.165) is 5.56 Å². The number of aromatic hydroxyl groups is 1. The van der Waals surface area contributed by atoms with Crippen molar-refractivity contribution >= 4 is 0 Å². The molecule has 1 N–H and O–H groups in total. The van der Waals surface area contributed by atoms with E-state index in [1.807, 2.05) is 6.07 Å². The average molecular weight is 230 g/mol. The average Bonchev–Trinajstić information content (AvgIpc) is 2.30. The summed E-state index contributed by atoms with van der Waals surface area (Å²) in [4.78, 5) is 0. The molecule has 1 aromatic carbocycles. The number of benzene rings is 1. The van der Waals surface area contributed by atoms with Crippen LogP contribution in [-0.2, 0) is 5.41 Å². The number of hydrogen-bond donors (Lipinski definition) is 1. The first-order valence-electron chi connectivity index (χ1n) is 6.54. The van der Waals surface area contributed by atoms with Crippen LogP contribution in [0.15, 0.2) is 30.4 Å². The quantitative estimate of drug-likeness (QED) is 0.741. The van der Waals surface area contributed by atoms with Gasteiger partial charge in [0.05, 0.1) is 0 Å². The van der Waals surface area contributed by atoms with Crippen molar-refractivity contribution in [3.05, 3.63) is 41.5 Å². The van der Waals surface area contributed by atoms with E-state index in [0.29, 0.717) is 11.7 Å². The van der Waals surface area contributed by atoms with Crippen molar-refractivity contribution in [2.45, 2.75) is 51.4 Å². The number of hydrogen-bond acceptors (Lipinski definition) is 1. The fourth-order valence-electron chi connectivity index (χ4n) is 2.63. The summed E-state index contributed by atoms with van der Waals surface area (Å²) in [5, 5.41) is 9.87. The molecule has 0 saturated heterocycles. The fourth-order valence-corrected chi connectivity index (χ4v) is 2.63. The molecule has 0 aliphatic heterocycles. The van der Waals surface area contributed by atoms with E-state index in [4.69, 9.17) is 0 Å². The topological polar surface area (TPSA) is 20.2 Å². The largest absolute Gasteiger partial charge is 0.508 e. The van der Waals surface area contributed by atoms with E-state index in [9.17, 15) is 5.11 Å². The molecule has 0 amide bonds. The molecule has 92 valence electrons. The normalized spacial score (nSPS) is 24.2. The zero-order chi connectivity index (χ0) is 12.5. The summed E-state index contributed by atoms with van der Waals surface area (Å²) in [6.45, 7) is 6.54. The second-order valence-electron chi connectivity index (χ2n) is 5.64. The van der Waals surface area contributed by atoms with Gasteiger partial charge in [0.15, 0.2) is 0 Å². The van der Waals surface area contributed by atoms with Crippen molar-refractivity contribution in [1.82, 2.24) is 0 Å². The first kappa shape index (κ1) is 12.2. The highest BCUT2D eigenvalue weighted by Gasteiger charge is 2.25. The third-order valence-corrected chi connectivity index (χ3v) is 3.86. The van der Waals surface area contributed by atoms with Crippen LogP contribution in [0.5, 0.6) is 5.75 Å². The van der Waals surface area contributed by atoms with E-state index in [1.165, 1.54) is 24.8 Å². The maximum absolute atomic E-state index is 9.87. The molecule has 0 fully saturated rings. The predicted octanol–water partition coefficient (Wildman–Crippen LogP) is 4.51. The minimum atomic E-state index is 0.148. The summed E-state index contributed by atoms with van der Waals surface area (Å²) in [5.41, 5.74) is 2.54. The van der Waals surface area contributed by atoms with Crippen LogP contribution in [0.1, 0.15) is 57.1 Å². The lowest BCUT2D eigenvalue weighted by Gasteiger charge is -2.30. The molecule has 0 bridgehead atoms. The number of phenols is 1.